The van der Waals surface area contributed by atoms with E-state index in [2.05, 4.69) is 10.3 Å². The molecule has 4 rings (SSSR count). The van der Waals surface area contributed by atoms with Gasteiger partial charge in [-0.15, -0.1) is 0 Å². The fourth-order valence-electron chi connectivity index (χ4n) is 3.45. The minimum atomic E-state index is -4.04. The summed E-state index contributed by atoms with van der Waals surface area (Å²) in [5.74, 6) is -0.704. The summed E-state index contributed by atoms with van der Waals surface area (Å²) in [5.41, 5.74) is 2.53. The Balaban J connectivity index is 1.46. The molecular formula is C23H18Cl2N4O5S. The first-order valence-electron chi connectivity index (χ1n) is 10.1. The predicted octanol–water partition coefficient (Wildman–Crippen LogP) is 4.08. The number of fused-ring (bicyclic) bond motifs is 1. The quantitative estimate of drug-likeness (QED) is 0.359. The number of rotatable bonds is 6. The number of esters is 1. The molecule has 12 heteroatoms. The van der Waals surface area contributed by atoms with Gasteiger partial charge in [-0.3, -0.25) is 9.36 Å². The van der Waals surface area contributed by atoms with E-state index in [9.17, 15) is 18.0 Å². The second-order valence-electron chi connectivity index (χ2n) is 7.46. The molecule has 180 valence electrons. The van der Waals surface area contributed by atoms with Crippen LogP contribution in [0.2, 0.25) is 10.0 Å². The first-order valence-corrected chi connectivity index (χ1v) is 12.4. The number of benzene rings is 3. The third-order valence-corrected chi connectivity index (χ3v) is 6.50. The van der Waals surface area contributed by atoms with Crippen LogP contribution in [0.5, 0.6) is 0 Å². The van der Waals surface area contributed by atoms with Crippen molar-refractivity contribution in [1.82, 2.24) is 9.55 Å². The number of imidazole rings is 1. The molecule has 0 spiro atoms. The van der Waals surface area contributed by atoms with Crippen LogP contribution in [0.3, 0.4) is 0 Å². The molecule has 0 saturated heterocycles. The largest absolute Gasteiger partial charge is 0.452 e. The van der Waals surface area contributed by atoms with Crippen molar-refractivity contribution >= 4 is 61.8 Å². The summed E-state index contributed by atoms with van der Waals surface area (Å²) < 4.78 is 30.0. The van der Waals surface area contributed by atoms with Gasteiger partial charge in [0.15, 0.2) is 6.61 Å². The Hall–Kier alpha value is -3.44. The van der Waals surface area contributed by atoms with Gasteiger partial charge < -0.3 is 10.1 Å². The van der Waals surface area contributed by atoms with E-state index in [-0.39, 0.29) is 26.2 Å². The number of nitrogens with two attached hydrogens (primary N) is 1. The first-order chi connectivity index (χ1) is 16.5. The smallest absolute Gasteiger partial charge is 0.338 e. The predicted molar refractivity (Wildman–Crippen MR) is 133 cm³/mol. The number of aromatic nitrogens is 2. The molecule has 0 aliphatic heterocycles. The van der Waals surface area contributed by atoms with Crippen LogP contribution < -0.4 is 10.5 Å². The Morgan fingerprint density at radius 2 is 1.71 bits per heavy atom. The van der Waals surface area contributed by atoms with Gasteiger partial charge >= 0.3 is 5.97 Å². The number of nitrogens with one attached hydrogen (secondary N) is 1. The lowest BCUT2D eigenvalue weighted by atomic mass is 10.2. The van der Waals surface area contributed by atoms with E-state index < -0.39 is 28.5 Å². The van der Waals surface area contributed by atoms with Crippen molar-refractivity contribution in [1.29, 1.82) is 0 Å². The van der Waals surface area contributed by atoms with E-state index in [0.29, 0.717) is 5.52 Å². The molecule has 1 amide bonds. The number of amides is 1. The number of aryl methyl sites for hydroxylation is 1. The number of para-hydroxylation sites is 1. The van der Waals surface area contributed by atoms with Gasteiger partial charge in [-0.1, -0.05) is 41.4 Å². The number of ether oxygens (including phenoxy) is 1. The topological polar surface area (TPSA) is 133 Å². The minimum absolute atomic E-state index is 0.0369. The standard InChI is InChI=1S/C23H18Cl2N4O5S/c1-13-27-19-9-14(7-8-20(19)29(13)15-5-3-2-4-6-15)23(31)34-12-21(30)28-22-17(24)10-16(11-18(22)25)35(26,32)33/h2-11H,12H2,1H3,(H,28,30)(H2,26,32,33). The Kier molecular flexibility index (Phi) is 6.82. The van der Waals surface area contributed by atoms with Gasteiger partial charge in [0, 0.05) is 5.69 Å². The normalized spacial score (nSPS) is 11.4. The number of carbonyl (C=O) groups excluding carboxylic acids is 2. The van der Waals surface area contributed by atoms with Gasteiger partial charge in [-0.2, -0.15) is 0 Å². The number of primary sulfonamides is 1. The highest BCUT2D eigenvalue weighted by molar-refractivity contribution is 7.89. The first kappa shape index (κ1) is 24.7. The Morgan fingerprint density at radius 3 is 2.34 bits per heavy atom. The summed E-state index contributed by atoms with van der Waals surface area (Å²) in [6.07, 6.45) is 0. The number of anilines is 1. The summed E-state index contributed by atoms with van der Waals surface area (Å²) in [6, 6.07) is 16.7. The summed E-state index contributed by atoms with van der Waals surface area (Å²) in [7, 11) is -4.04. The molecule has 0 bridgehead atoms. The lowest BCUT2D eigenvalue weighted by Crippen LogP contribution is -2.21. The fourth-order valence-corrected chi connectivity index (χ4v) is 4.73. The lowest BCUT2D eigenvalue weighted by Gasteiger charge is -2.11. The molecule has 0 fully saturated rings. The summed E-state index contributed by atoms with van der Waals surface area (Å²) >= 11 is 12.0. The number of halogens is 2. The molecule has 3 N–H and O–H groups in total. The van der Waals surface area contributed by atoms with E-state index in [0.717, 1.165) is 29.2 Å². The number of hydrogen-bond donors (Lipinski definition) is 2. The summed E-state index contributed by atoms with van der Waals surface area (Å²) in [5, 5.41) is 7.17. The van der Waals surface area contributed by atoms with Crippen molar-refractivity contribution < 1.29 is 22.7 Å². The van der Waals surface area contributed by atoms with Crippen molar-refractivity contribution in [2.75, 3.05) is 11.9 Å². The number of hydrogen-bond acceptors (Lipinski definition) is 6. The minimum Gasteiger partial charge on any atom is -0.452 e. The zero-order chi connectivity index (χ0) is 25.3. The molecule has 3 aromatic carbocycles. The number of carbonyl (C=O) groups is 2. The van der Waals surface area contributed by atoms with Crippen LogP contribution in [0.1, 0.15) is 16.2 Å². The third kappa shape index (κ3) is 5.30. The number of sulfonamides is 1. The molecule has 0 radical (unpaired) electrons. The van der Waals surface area contributed by atoms with Crippen molar-refractivity contribution in [3.05, 3.63) is 82.1 Å². The van der Waals surface area contributed by atoms with Crippen LogP contribution in [0.4, 0.5) is 5.69 Å². The SMILES string of the molecule is Cc1nc2cc(C(=O)OCC(=O)Nc3c(Cl)cc(S(N)(=O)=O)cc3Cl)ccc2n1-c1ccccc1. The lowest BCUT2D eigenvalue weighted by molar-refractivity contribution is -0.119. The molecule has 1 aromatic heterocycles. The van der Waals surface area contributed by atoms with Crippen LogP contribution in [-0.4, -0.2) is 36.5 Å². The van der Waals surface area contributed by atoms with Crippen LogP contribution in [0.15, 0.2) is 65.6 Å². The molecule has 9 nitrogen and oxygen atoms in total. The van der Waals surface area contributed by atoms with Gasteiger partial charge in [0.05, 0.1) is 37.2 Å². The van der Waals surface area contributed by atoms with Crippen molar-refractivity contribution in [3.63, 3.8) is 0 Å². The van der Waals surface area contributed by atoms with Crippen LogP contribution in [0, 0.1) is 6.92 Å². The molecular weight excluding hydrogens is 515 g/mol. The van der Waals surface area contributed by atoms with Crippen LogP contribution in [0.25, 0.3) is 16.7 Å². The molecule has 0 unspecified atom stereocenters. The average Bonchev–Trinajstić information content (AvgIpc) is 3.14. The van der Waals surface area contributed by atoms with Gasteiger partial charge in [-0.25, -0.2) is 23.3 Å². The maximum absolute atomic E-state index is 12.5. The van der Waals surface area contributed by atoms with Gasteiger partial charge in [-0.05, 0) is 49.4 Å². The Labute approximate surface area is 210 Å². The van der Waals surface area contributed by atoms with Crippen molar-refractivity contribution in [2.45, 2.75) is 11.8 Å². The van der Waals surface area contributed by atoms with E-state index in [4.69, 9.17) is 33.1 Å². The van der Waals surface area contributed by atoms with E-state index in [1.165, 1.54) is 0 Å². The maximum Gasteiger partial charge on any atom is 0.338 e. The molecule has 0 aliphatic carbocycles. The highest BCUT2D eigenvalue weighted by Crippen LogP contribution is 2.33. The fraction of sp³-hybridized carbons (Fsp3) is 0.0870. The second-order valence-corrected chi connectivity index (χ2v) is 9.84. The van der Waals surface area contributed by atoms with Gasteiger partial charge in [0.25, 0.3) is 5.91 Å². The van der Waals surface area contributed by atoms with E-state index in [1.807, 2.05) is 41.8 Å². The number of nitrogens with zero attached hydrogens (tertiary/aromatic N) is 2. The molecule has 0 atom stereocenters. The Bertz CT molecular complexity index is 1550. The van der Waals surface area contributed by atoms with Crippen LogP contribution >= 0.6 is 23.2 Å². The summed E-state index contributed by atoms with van der Waals surface area (Å²) in [6.45, 7) is 1.24. The van der Waals surface area contributed by atoms with Gasteiger partial charge in [0.1, 0.15) is 5.82 Å². The monoisotopic (exact) mass is 532 g/mol. The second kappa shape index (κ2) is 9.67. The summed E-state index contributed by atoms with van der Waals surface area (Å²) in [4.78, 5) is 29.0. The Morgan fingerprint density at radius 1 is 1.06 bits per heavy atom. The molecule has 0 aliphatic rings. The van der Waals surface area contributed by atoms with E-state index in [1.54, 1.807) is 18.2 Å². The van der Waals surface area contributed by atoms with E-state index >= 15 is 0 Å². The zero-order valence-electron chi connectivity index (χ0n) is 18.2. The molecule has 35 heavy (non-hydrogen) atoms. The third-order valence-electron chi connectivity index (χ3n) is 5.02. The van der Waals surface area contributed by atoms with Crippen molar-refractivity contribution in [3.8, 4) is 5.69 Å². The van der Waals surface area contributed by atoms with Gasteiger partial charge in [0.2, 0.25) is 10.0 Å². The highest BCUT2D eigenvalue weighted by atomic mass is 35.5. The average molecular weight is 533 g/mol. The maximum atomic E-state index is 12.5. The zero-order valence-corrected chi connectivity index (χ0v) is 20.5. The molecule has 4 aromatic rings. The highest BCUT2D eigenvalue weighted by Gasteiger charge is 2.18. The molecule has 0 saturated carbocycles. The van der Waals surface area contributed by atoms with Crippen LogP contribution in [-0.2, 0) is 19.6 Å². The van der Waals surface area contributed by atoms with Crippen molar-refractivity contribution in [2.24, 2.45) is 5.14 Å². The molecule has 1 heterocycles.